The molecule has 7 rings (SSSR count). The van der Waals surface area contributed by atoms with E-state index >= 15 is 0 Å². The topological polar surface area (TPSA) is 0 Å². The van der Waals surface area contributed by atoms with Crippen LogP contribution in [0.3, 0.4) is 0 Å². The van der Waals surface area contributed by atoms with Gasteiger partial charge in [-0.1, -0.05) is 27.7 Å². The molecule has 6 aromatic heterocycles. The van der Waals surface area contributed by atoms with E-state index in [-0.39, 0.29) is 0 Å². The average Bonchev–Trinajstić information content (AvgIpc) is 3.53. The summed E-state index contributed by atoms with van der Waals surface area (Å²) in [6.07, 6.45) is 4.56. The fourth-order valence-corrected chi connectivity index (χ4v) is 13.7. The Hall–Kier alpha value is -0.760. The maximum absolute atomic E-state index is 2.33. The first-order valence-corrected chi connectivity index (χ1v) is 15.6. The van der Waals surface area contributed by atoms with E-state index in [4.69, 9.17) is 0 Å². The lowest BCUT2D eigenvalue weighted by Crippen LogP contribution is -1.68. The molecule has 7 aromatic rings. The second kappa shape index (κ2) is 6.40. The van der Waals surface area contributed by atoms with Gasteiger partial charge in [-0.3, -0.25) is 0 Å². The van der Waals surface area contributed by atoms with E-state index in [0.29, 0.717) is 0 Å². The molecule has 0 N–H and O–H groups in total. The summed E-state index contributed by atoms with van der Waals surface area (Å²) in [5.41, 5.74) is 0. The van der Waals surface area contributed by atoms with Crippen molar-refractivity contribution in [2.24, 2.45) is 0 Å². The van der Waals surface area contributed by atoms with Crippen LogP contribution in [0.1, 0.15) is 47.2 Å². The lowest BCUT2D eigenvalue weighted by Gasteiger charge is -1.95. The standard InChI is InChI=1S/C24H20S6/c1-5-9-17-13-14-18(29-17)10(6-2)27-23(14)24-16-15-19(30-20(16)12(8-4)28-24)11(7-3)26-22(15)21(13)25-9/h5-8H2,1-4H3. The quantitative estimate of drug-likeness (QED) is 0.225. The van der Waals surface area contributed by atoms with Crippen LogP contribution < -0.4 is 0 Å². The number of fused-ring (bicyclic) bond motifs is 2. The van der Waals surface area contributed by atoms with Crippen molar-refractivity contribution >= 4 is 127 Å². The first-order chi connectivity index (χ1) is 14.7. The van der Waals surface area contributed by atoms with E-state index in [0.717, 1.165) is 25.7 Å². The average molecular weight is 501 g/mol. The summed E-state index contributed by atoms with van der Waals surface area (Å²) in [6.45, 7) is 9.33. The minimum atomic E-state index is 1.14. The van der Waals surface area contributed by atoms with Gasteiger partial charge in [0, 0.05) is 41.1 Å². The van der Waals surface area contributed by atoms with E-state index in [9.17, 15) is 0 Å². The molecule has 0 aliphatic heterocycles. The van der Waals surface area contributed by atoms with Crippen LogP contribution in [0.4, 0.5) is 0 Å². The highest BCUT2D eigenvalue weighted by atomic mass is 32.1. The molecule has 0 amide bonds. The molecule has 0 bridgehead atoms. The molecule has 0 spiro atoms. The number of aryl methyl sites for hydroxylation is 4. The first-order valence-electron chi connectivity index (χ1n) is 10.7. The SMILES string of the molecule is CCc1sc2c3sc(CC)c4sc5c(CC)sc(c6sc(CC)c7sc1c2c76)c5c43. The lowest BCUT2D eigenvalue weighted by molar-refractivity contribution is 1.20. The molecular formula is C24H20S6. The van der Waals surface area contributed by atoms with Crippen molar-refractivity contribution in [3.05, 3.63) is 19.5 Å². The Morgan fingerprint density at radius 2 is 0.567 bits per heavy atom. The molecule has 0 unspecified atom stereocenters. The summed E-state index contributed by atoms with van der Waals surface area (Å²) < 4.78 is 12.6. The third-order valence-corrected chi connectivity index (χ3v) is 15.1. The van der Waals surface area contributed by atoms with Crippen LogP contribution in [-0.2, 0) is 25.7 Å². The van der Waals surface area contributed by atoms with Crippen molar-refractivity contribution in [2.45, 2.75) is 53.4 Å². The fourth-order valence-electron chi connectivity index (χ4n) is 4.97. The van der Waals surface area contributed by atoms with Gasteiger partial charge in [-0.2, -0.15) is 0 Å². The van der Waals surface area contributed by atoms with Gasteiger partial charge in [0.1, 0.15) is 0 Å². The summed E-state index contributed by atoms with van der Waals surface area (Å²) in [5.74, 6) is 0. The molecule has 0 fully saturated rings. The third-order valence-electron chi connectivity index (χ3n) is 6.34. The molecule has 30 heavy (non-hydrogen) atoms. The molecule has 0 nitrogen and oxygen atoms in total. The summed E-state index contributed by atoms with van der Waals surface area (Å²) in [6, 6.07) is 0. The molecule has 0 radical (unpaired) electrons. The molecule has 6 heteroatoms. The normalized spacial score (nSPS) is 13.2. The Labute approximate surface area is 198 Å². The van der Waals surface area contributed by atoms with E-state index in [1.54, 1.807) is 78.7 Å². The van der Waals surface area contributed by atoms with Crippen molar-refractivity contribution in [3.8, 4) is 0 Å². The van der Waals surface area contributed by atoms with Gasteiger partial charge in [0.2, 0.25) is 0 Å². The zero-order chi connectivity index (χ0) is 20.3. The summed E-state index contributed by atoms with van der Waals surface area (Å²) >= 11 is 12.5. The van der Waals surface area contributed by atoms with E-state index in [2.05, 4.69) is 95.7 Å². The fraction of sp³-hybridized carbons (Fsp3) is 0.333. The number of hydrogen-bond donors (Lipinski definition) is 0. The van der Waals surface area contributed by atoms with Gasteiger partial charge in [0.25, 0.3) is 0 Å². The third kappa shape index (κ3) is 2.07. The van der Waals surface area contributed by atoms with E-state index < -0.39 is 0 Å². The van der Waals surface area contributed by atoms with Crippen molar-refractivity contribution in [3.63, 3.8) is 0 Å². The summed E-state index contributed by atoms with van der Waals surface area (Å²) in [5, 5.41) is 6.35. The van der Waals surface area contributed by atoms with Gasteiger partial charge in [-0.15, -0.1) is 68.0 Å². The highest BCUT2D eigenvalue weighted by molar-refractivity contribution is 7.40. The van der Waals surface area contributed by atoms with Gasteiger partial charge in [-0.25, -0.2) is 0 Å². The highest BCUT2D eigenvalue weighted by Crippen LogP contribution is 2.58. The maximum atomic E-state index is 2.33. The molecule has 0 saturated heterocycles. The monoisotopic (exact) mass is 500 g/mol. The van der Waals surface area contributed by atoms with Crippen molar-refractivity contribution in [2.75, 3.05) is 0 Å². The molecular weight excluding hydrogens is 481 g/mol. The number of thiophene rings is 6. The van der Waals surface area contributed by atoms with Crippen LogP contribution in [0.15, 0.2) is 0 Å². The van der Waals surface area contributed by atoms with E-state index in [1.807, 2.05) is 0 Å². The Balaban J connectivity index is 1.93. The van der Waals surface area contributed by atoms with Crippen LogP contribution in [0, 0.1) is 0 Å². The van der Waals surface area contributed by atoms with Crippen LogP contribution in [-0.4, -0.2) is 0 Å². The zero-order valence-electron chi connectivity index (χ0n) is 17.3. The van der Waals surface area contributed by atoms with Crippen LogP contribution in [0.5, 0.6) is 0 Å². The van der Waals surface area contributed by atoms with E-state index in [1.165, 1.54) is 0 Å². The van der Waals surface area contributed by atoms with Gasteiger partial charge in [0.05, 0.1) is 37.6 Å². The van der Waals surface area contributed by atoms with Gasteiger partial charge in [-0.05, 0) is 25.7 Å². The van der Waals surface area contributed by atoms with Crippen LogP contribution in [0.25, 0.3) is 59.1 Å². The molecule has 0 aliphatic carbocycles. The van der Waals surface area contributed by atoms with Gasteiger partial charge >= 0.3 is 0 Å². The van der Waals surface area contributed by atoms with Crippen LogP contribution >= 0.6 is 68.0 Å². The summed E-state index contributed by atoms with van der Waals surface area (Å²) in [4.78, 5) is 6.35. The second-order valence-corrected chi connectivity index (χ2v) is 14.3. The number of rotatable bonds is 4. The maximum Gasteiger partial charge on any atom is 0.0546 e. The molecule has 0 saturated carbocycles. The minimum Gasteiger partial charge on any atom is -0.137 e. The molecule has 1 aromatic carbocycles. The minimum absolute atomic E-state index is 1.14. The molecule has 0 aliphatic rings. The largest absolute Gasteiger partial charge is 0.137 e. The first kappa shape index (κ1) is 18.8. The Morgan fingerprint density at radius 3 is 0.767 bits per heavy atom. The van der Waals surface area contributed by atoms with Gasteiger partial charge < -0.3 is 0 Å². The Morgan fingerprint density at radius 1 is 0.333 bits per heavy atom. The smallest absolute Gasteiger partial charge is 0.0546 e. The Bertz CT molecular complexity index is 1480. The second-order valence-electron chi connectivity index (χ2n) is 7.85. The molecule has 152 valence electrons. The van der Waals surface area contributed by atoms with Crippen molar-refractivity contribution < 1.29 is 0 Å². The molecule has 6 heterocycles. The predicted molar refractivity (Wildman–Crippen MR) is 147 cm³/mol. The number of hydrogen-bond acceptors (Lipinski definition) is 6. The lowest BCUT2D eigenvalue weighted by atomic mass is 10.1. The van der Waals surface area contributed by atoms with Crippen LogP contribution in [0.2, 0.25) is 0 Å². The summed E-state index contributed by atoms with van der Waals surface area (Å²) in [7, 11) is 0. The van der Waals surface area contributed by atoms with Crippen molar-refractivity contribution in [1.29, 1.82) is 0 Å². The zero-order valence-corrected chi connectivity index (χ0v) is 22.2. The van der Waals surface area contributed by atoms with Gasteiger partial charge in [0.15, 0.2) is 0 Å². The Kier molecular flexibility index (Phi) is 4.00. The molecule has 0 atom stereocenters. The predicted octanol–water partition coefficient (Wildman–Crippen LogP) is 10.7. The van der Waals surface area contributed by atoms with Crippen molar-refractivity contribution in [1.82, 2.24) is 0 Å². The highest BCUT2D eigenvalue weighted by Gasteiger charge is 2.27.